The summed E-state index contributed by atoms with van der Waals surface area (Å²) in [5.41, 5.74) is 4.91. The SMILES string of the molecule is O=C(CN1NC(c2ccccc2)=CCC1=O)N1CCOCC1. The summed E-state index contributed by atoms with van der Waals surface area (Å²) in [7, 11) is 0. The fraction of sp³-hybridized carbons (Fsp3) is 0.375. The van der Waals surface area contributed by atoms with Crippen LogP contribution in [0.4, 0.5) is 0 Å². The van der Waals surface area contributed by atoms with Gasteiger partial charge in [0.05, 0.1) is 18.9 Å². The molecule has 0 atom stereocenters. The van der Waals surface area contributed by atoms with E-state index in [0.717, 1.165) is 11.3 Å². The highest BCUT2D eigenvalue weighted by atomic mass is 16.5. The summed E-state index contributed by atoms with van der Waals surface area (Å²) in [5.74, 6) is -0.153. The van der Waals surface area contributed by atoms with Gasteiger partial charge in [-0.05, 0) is 11.6 Å². The monoisotopic (exact) mass is 301 g/mol. The van der Waals surface area contributed by atoms with E-state index in [-0.39, 0.29) is 18.4 Å². The third-order valence-electron chi connectivity index (χ3n) is 3.78. The zero-order valence-corrected chi connectivity index (χ0v) is 12.3. The van der Waals surface area contributed by atoms with Crippen LogP contribution in [0.1, 0.15) is 12.0 Å². The van der Waals surface area contributed by atoms with E-state index in [4.69, 9.17) is 4.74 Å². The first kappa shape index (κ1) is 14.6. The van der Waals surface area contributed by atoms with Gasteiger partial charge < -0.3 is 9.64 Å². The molecular weight excluding hydrogens is 282 g/mol. The predicted octanol–water partition coefficient (Wildman–Crippen LogP) is 0.623. The molecule has 3 rings (SSSR count). The van der Waals surface area contributed by atoms with Crippen molar-refractivity contribution in [3.63, 3.8) is 0 Å². The van der Waals surface area contributed by atoms with E-state index >= 15 is 0 Å². The molecule has 2 aliphatic rings. The molecule has 116 valence electrons. The van der Waals surface area contributed by atoms with E-state index in [9.17, 15) is 9.59 Å². The van der Waals surface area contributed by atoms with E-state index < -0.39 is 0 Å². The number of hydrazine groups is 1. The Morgan fingerprint density at radius 3 is 2.64 bits per heavy atom. The molecule has 1 saturated heterocycles. The molecule has 22 heavy (non-hydrogen) atoms. The van der Waals surface area contributed by atoms with Crippen LogP contribution < -0.4 is 5.43 Å². The Labute approximate surface area is 129 Å². The first-order valence-corrected chi connectivity index (χ1v) is 7.42. The zero-order chi connectivity index (χ0) is 15.4. The minimum Gasteiger partial charge on any atom is -0.378 e. The van der Waals surface area contributed by atoms with Gasteiger partial charge >= 0.3 is 0 Å². The van der Waals surface area contributed by atoms with Gasteiger partial charge in [-0.3, -0.25) is 15.0 Å². The highest BCUT2D eigenvalue weighted by Crippen LogP contribution is 2.17. The van der Waals surface area contributed by atoms with Gasteiger partial charge in [-0.25, -0.2) is 5.01 Å². The van der Waals surface area contributed by atoms with Crippen LogP contribution >= 0.6 is 0 Å². The van der Waals surface area contributed by atoms with Gasteiger partial charge in [-0.2, -0.15) is 0 Å². The molecule has 0 saturated carbocycles. The maximum absolute atomic E-state index is 12.3. The molecule has 1 N–H and O–H groups in total. The van der Waals surface area contributed by atoms with Crippen molar-refractivity contribution >= 4 is 17.5 Å². The summed E-state index contributed by atoms with van der Waals surface area (Å²) in [6.45, 7) is 2.33. The van der Waals surface area contributed by atoms with Crippen LogP contribution in [0, 0.1) is 0 Å². The van der Waals surface area contributed by atoms with E-state index in [0.29, 0.717) is 32.7 Å². The fourth-order valence-electron chi connectivity index (χ4n) is 2.53. The van der Waals surface area contributed by atoms with Gasteiger partial charge in [0.2, 0.25) is 11.8 Å². The van der Waals surface area contributed by atoms with Gasteiger partial charge in [0.15, 0.2) is 0 Å². The largest absolute Gasteiger partial charge is 0.378 e. The van der Waals surface area contributed by atoms with Crippen molar-refractivity contribution in [1.82, 2.24) is 15.3 Å². The molecule has 1 aromatic rings. The highest BCUT2D eigenvalue weighted by molar-refractivity contribution is 5.88. The van der Waals surface area contributed by atoms with Crippen molar-refractivity contribution in [2.75, 3.05) is 32.8 Å². The molecule has 6 nitrogen and oxygen atoms in total. The summed E-state index contributed by atoms with van der Waals surface area (Å²) in [6, 6.07) is 9.76. The van der Waals surface area contributed by atoms with Crippen LogP contribution in [0.5, 0.6) is 0 Å². The van der Waals surface area contributed by atoms with E-state index in [2.05, 4.69) is 5.43 Å². The maximum Gasteiger partial charge on any atom is 0.245 e. The molecule has 2 aliphatic heterocycles. The first-order valence-electron chi connectivity index (χ1n) is 7.42. The van der Waals surface area contributed by atoms with Gasteiger partial charge in [0, 0.05) is 19.5 Å². The second kappa shape index (κ2) is 6.62. The molecule has 0 spiro atoms. The van der Waals surface area contributed by atoms with Crippen molar-refractivity contribution in [2.45, 2.75) is 6.42 Å². The molecule has 0 unspecified atom stereocenters. The highest BCUT2D eigenvalue weighted by Gasteiger charge is 2.25. The number of hydrogen-bond acceptors (Lipinski definition) is 4. The number of ether oxygens (including phenoxy) is 1. The summed E-state index contributed by atoms with van der Waals surface area (Å²) >= 11 is 0. The van der Waals surface area contributed by atoms with E-state index in [1.807, 2.05) is 36.4 Å². The van der Waals surface area contributed by atoms with Crippen LogP contribution in [-0.4, -0.2) is 54.6 Å². The second-order valence-corrected chi connectivity index (χ2v) is 5.27. The molecule has 0 aromatic heterocycles. The number of rotatable bonds is 3. The molecule has 0 radical (unpaired) electrons. The third kappa shape index (κ3) is 3.28. The van der Waals surface area contributed by atoms with Crippen LogP contribution in [0.25, 0.3) is 5.70 Å². The number of nitrogens with one attached hydrogen (secondary N) is 1. The summed E-state index contributed by atoms with van der Waals surface area (Å²) < 4.78 is 5.24. The number of carbonyl (C=O) groups is 2. The number of morpholine rings is 1. The van der Waals surface area contributed by atoms with Crippen molar-refractivity contribution in [3.8, 4) is 0 Å². The molecule has 2 amide bonds. The average molecular weight is 301 g/mol. The second-order valence-electron chi connectivity index (χ2n) is 5.27. The minimum absolute atomic E-state index is 0.0446. The Kier molecular flexibility index (Phi) is 4.39. The lowest BCUT2D eigenvalue weighted by atomic mass is 10.1. The fourth-order valence-corrected chi connectivity index (χ4v) is 2.53. The molecule has 2 heterocycles. The van der Waals surface area contributed by atoms with Gasteiger partial charge in [-0.1, -0.05) is 30.3 Å². The smallest absolute Gasteiger partial charge is 0.245 e. The number of benzene rings is 1. The Hall–Kier alpha value is -2.34. The van der Waals surface area contributed by atoms with Crippen LogP contribution in [-0.2, 0) is 14.3 Å². The summed E-state index contributed by atoms with van der Waals surface area (Å²) in [6.07, 6.45) is 2.15. The van der Waals surface area contributed by atoms with Gasteiger partial charge in [-0.15, -0.1) is 0 Å². The Balaban J connectivity index is 1.65. The van der Waals surface area contributed by atoms with Crippen molar-refractivity contribution in [1.29, 1.82) is 0 Å². The van der Waals surface area contributed by atoms with Crippen LogP contribution in [0.3, 0.4) is 0 Å². The number of nitrogens with zero attached hydrogens (tertiary/aromatic N) is 2. The Morgan fingerprint density at radius 1 is 1.18 bits per heavy atom. The Morgan fingerprint density at radius 2 is 1.91 bits per heavy atom. The summed E-state index contributed by atoms with van der Waals surface area (Å²) in [5, 5.41) is 1.40. The Bertz CT molecular complexity index is 580. The lowest BCUT2D eigenvalue weighted by Gasteiger charge is -2.32. The van der Waals surface area contributed by atoms with Gasteiger partial charge in [0.1, 0.15) is 6.54 Å². The average Bonchev–Trinajstić information content (AvgIpc) is 2.58. The zero-order valence-electron chi connectivity index (χ0n) is 12.3. The summed E-state index contributed by atoms with van der Waals surface area (Å²) in [4.78, 5) is 26.0. The molecular formula is C16H19N3O3. The predicted molar refractivity (Wildman–Crippen MR) is 81.3 cm³/mol. The standard InChI is InChI=1S/C16H19N3O3/c20-15-7-6-14(13-4-2-1-3-5-13)17-19(15)12-16(21)18-8-10-22-11-9-18/h1-6,17H,7-12H2. The normalized spacial score (nSPS) is 18.7. The van der Waals surface area contributed by atoms with E-state index in [1.54, 1.807) is 4.90 Å². The molecule has 1 aromatic carbocycles. The maximum atomic E-state index is 12.3. The van der Waals surface area contributed by atoms with E-state index in [1.165, 1.54) is 5.01 Å². The number of carbonyl (C=O) groups excluding carboxylic acids is 2. The quantitative estimate of drug-likeness (QED) is 0.889. The molecule has 6 heteroatoms. The van der Waals surface area contributed by atoms with Crippen molar-refractivity contribution in [2.24, 2.45) is 0 Å². The van der Waals surface area contributed by atoms with Crippen LogP contribution in [0.2, 0.25) is 0 Å². The molecule has 0 bridgehead atoms. The van der Waals surface area contributed by atoms with Crippen LogP contribution in [0.15, 0.2) is 36.4 Å². The molecule has 0 aliphatic carbocycles. The van der Waals surface area contributed by atoms with Crippen molar-refractivity contribution < 1.29 is 14.3 Å². The lowest BCUT2D eigenvalue weighted by molar-refractivity contribution is -0.144. The topological polar surface area (TPSA) is 61.9 Å². The molecule has 1 fully saturated rings. The van der Waals surface area contributed by atoms with Crippen molar-refractivity contribution in [3.05, 3.63) is 42.0 Å². The number of amides is 2. The number of hydrogen-bond donors (Lipinski definition) is 1. The first-order chi connectivity index (χ1) is 10.7. The minimum atomic E-state index is -0.0960. The third-order valence-corrected chi connectivity index (χ3v) is 3.78. The lowest BCUT2D eigenvalue weighted by Crippen LogP contribution is -2.52. The van der Waals surface area contributed by atoms with Gasteiger partial charge in [0.25, 0.3) is 0 Å².